The van der Waals surface area contributed by atoms with Gasteiger partial charge < -0.3 is 0 Å². The van der Waals surface area contributed by atoms with Crippen molar-refractivity contribution in [3.05, 3.63) is 46.1 Å². The molecular formula is C11H11N5O2S. The Morgan fingerprint density at radius 3 is 2.63 bits per heavy atom. The summed E-state index contributed by atoms with van der Waals surface area (Å²) in [5, 5.41) is 11.3. The number of hydrazine groups is 1. The number of nitrogen functional groups attached to an aromatic ring is 1. The maximum Gasteiger partial charge on any atom is 0.269 e. The van der Waals surface area contributed by atoms with Crippen LogP contribution in [0.3, 0.4) is 0 Å². The second-order valence-electron chi connectivity index (χ2n) is 3.68. The molecule has 2 aromatic rings. The number of aryl methyl sites for hydroxylation is 1. The van der Waals surface area contributed by atoms with Gasteiger partial charge in [0.15, 0.2) is 0 Å². The van der Waals surface area contributed by atoms with Crippen LogP contribution in [0.1, 0.15) is 5.56 Å². The van der Waals surface area contributed by atoms with Gasteiger partial charge >= 0.3 is 0 Å². The first-order chi connectivity index (χ1) is 9.10. The number of nitrogens with two attached hydrogens (primary N) is 1. The van der Waals surface area contributed by atoms with Gasteiger partial charge in [0, 0.05) is 28.8 Å². The van der Waals surface area contributed by atoms with Gasteiger partial charge in [-0.15, -0.1) is 0 Å². The summed E-state index contributed by atoms with van der Waals surface area (Å²) in [5.41, 5.74) is 3.35. The molecule has 0 amide bonds. The Balaban J connectivity index is 2.23. The summed E-state index contributed by atoms with van der Waals surface area (Å²) >= 11 is 1.39. The summed E-state index contributed by atoms with van der Waals surface area (Å²) < 4.78 is 0. The van der Waals surface area contributed by atoms with Gasteiger partial charge in [-0.05, 0) is 19.1 Å². The number of benzene rings is 1. The Morgan fingerprint density at radius 2 is 2.05 bits per heavy atom. The lowest BCUT2D eigenvalue weighted by molar-refractivity contribution is -0.384. The molecule has 1 aromatic carbocycles. The zero-order valence-corrected chi connectivity index (χ0v) is 10.8. The van der Waals surface area contributed by atoms with Gasteiger partial charge in [0.1, 0.15) is 5.03 Å². The van der Waals surface area contributed by atoms with Gasteiger partial charge in [0.25, 0.3) is 5.69 Å². The number of hydrogen-bond donors (Lipinski definition) is 2. The van der Waals surface area contributed by atoms with E-state index in [9.17, 15) is 10.1 Å². The number of nitrogens with zero attached hydrogens (tertiary/aromatic N) is 3. The summed E-state index contributed by atoms with van der Waals surface area (Å²) in [6.07, 6.45) is 1.66. The maximum absolute atomic E-state index is 10.6. The van der Waals surface area contributed by atoms with Crippen molar-refractivity contribution >= 4 is 23.4 Å². The van der Waals surface area contributed by atoms with E-state index in [-0.39, 0.29) is 5.69 Å². The first-order valence-corrected chi connectivity index (χ1v) is 6.14. The number of nitro benzene ring substituents is 1. The molecule has 0 aliphatic carbocycles. The normalized spacial score (nSPS) is 10.2. The summed E-state index contributed by atoms with van der Waals surface area (Å²) in [4.78, 5) is 19.2. The molecule has 0 bridgehead atoms. The Kier molecular flexibility index (Phi) is 3.93. The van der Waals surface area contributed by atoms with Crippen LogP contribution in [0.25, 0.3) is 0 Å². The molecule has 0 saturated heterocycles. The molecule has 98 valence electrons. The monoisotopic (exact) mass is 277 g/mol. The Morgan fingerprint density at radius 1 is 1.37 bits per heavy atom. The Hall–Kier alpha value is -2.19. The van der Waals surface area contributed by atoms with Crippen LogP contribution >= 0.6 is 11.8 Å². The molecule has 19 heavy (non-hydrogen) atoms. The molecule has 7 nitrogen and oxygen atoms in total. The molecule has 1 heterocycles. The molecule has 0 saturated carbocycles. The molecule has 0 spiro atoms. The minimum atomic E-state index is -0.430. The van der Waals surface area contributed by atoms with E-state index in [1.54, 1.807) is 18.3 Å². The fraction of sp³-hybridized carbons (Fsp3) is 0.0909. The largest absolute Gasteiger partial charge is 0.292 e. The van der Waals surface area contributed by atoms with E-state index in [1.807, 2.05) is 6.92 Å². The van der Waals surface area contributed by atoms with Gasteiger partial charge in [0.05, 0.1) is 4.92 Å². The molecule has 0 aliphatic heterocycles. The fourth-order valence-electron chi connectivity index (χ4n) is 1.35. The average Bonchev–Trinajstić information content (AvgIpc) is 2.42. The third kappa shape index (κ3) is 3.18. The average molecular weight is 277 g/mol. The van der Waals surface area contributed by atoms with Crippen LogP contribution in [0.5, 0.6) is 0 Å². The predicted molar refractivity (Wildman–Crippen MR) is 71.8 cm³/mol. The van der Waals surface area contributed by atoms with Crippen molar-refractivity contribution in [3.63, 3.8) is 0 Å². The lowest BCUT2D eigenvalue weighted by Crippen LogP contribution is -2.10. The van der Waals surface area contributed by atoms with Gasteiger partial charge in [-0.25, -0.2) is 15.8 Å². The van der Waals surface area contributed by atoms with E-state index in [1.165, 1.54) is 23.9 Å². The molecule has 0 unspecified atom stereocenters. The Labute approximate surface area is 113 Å². The third-order valence-corrected chi connectivity index (χ3v) is 3.43. The number of non-ortho nitro benzene ring substituents is 1. The molecule has 0 radical (unpaired) electrons. The fourth-order valence-corrected chi connectivity index (χ4v) is 2.19. The maximum atomic E-state index is 10.6. The van der Waals surface area contributed by atoms with Crippen molar-refractivity contribution in [1.29, 1.82) is 0 Å². The summed E-state index contributed by atoms with van der Waals surface area (Å²) in [6, 6.07) is 6.28. The number of aromatic nitrogens is 2. The highest BCUT2D eigenvalue weighted by atomic mass is 32.2. The number of anilines is 1. The van der Waals surface area contributed by atoms with Gasteiger partial charge in [-0.1, -0.05) is 11.8 Å². The quantitative estimate of drug-likeness (QED) is 0.381. The molecule has 3 N–H and O–H groups in total. The van der Waals surface area contributed by atoms with Crippen LogP contribution < -0.4 is 11.3 Å². The summed E-state index contributed by atoms with van der Waals surface area (Å²) in [7, 11) is 0. The second kappa shape index (κ2) is 5.63. The first-order valence-electron chi connectivity index (χ1n) is 5.32. The summed E-state index contributed by atoms with van der Waals surface area (Å²) in [5.74, 6) is 5.58. The standard InChI is InChI=1S/C11H11N5O2S/c1-7-6-13-11(15-12)14-10(7)19-9-4-2-8(3-5-9)16(17)18/h2-6H,12H2,1H3,(H,13,14,15). The molecule has 0 atom stereocenters. The van der Waals surface area contributed by atoms with Crippen molar-refractivity contribution in [3.8, 4) is 0 Å². The molecule has 2 rings (SSSR count). The Bertz CT molecular complexity index is 603. The zero-order valence-electron chi connectivity index (χ0n) is 10.0. The highest BCUT2D eigenvalue weighted by molar-refractivity contribution is 7.99. The van der Waals surface area contributed by atoms with Crippen LogP contribution in [0, 0.1) is 17.0 Å². The number of nitrogens with one attached hydrogen (secondary N) is 1. The van der Waals surface area contributed by atoms with Crippen LogP contribution in [0.15, 0.2) is 40.4 Å². The molecule has 0 aliphatic rings. The predicted octanol–water partition coefficient (Wildman–Crippen LogP) is 2.13. The minimum absolute atomic E-state index is 0.0630. The van der Waals surface area contributed by atoms with E-state index in [0.29, 0.717) is 5.95 Å². The van der Waals surface area contributed by atoms with Gasteiger partial charge in [-0.2, -0.15) is 0 Å². The van der Waals surface area contributed by atoms with E-state index in [2.05, 4.69) is 15.4 Å². The number of rotatable bonds is 4. The van der Waals surface area contributed by atoms with Crippen molar-refractivity contribution in [2.24, 2.45) is 5.84 Å². The topological polar surface area (TPSA) is 107 Å². The van der Waals surface area contributed by atoms with Crippen LogP contribution in [-0.4, -0.2) is 14.9 Å². The van der Waals surface area contributed by atoms with Crippen LogP contribution in [0.2, 0.25) is 0 Å². The van der Waals surface area contributed by atoms with E-state index in [0.717, 1.165) is 15.5 Å². The lowest BCUT2D eigenvalue weighted by Gasteiger charge is -2.06. The van der Waals surface area contributed by atoms with Crippen molar-refractivity contribution in [1.82, 2.24) is 9.97 Å². The van der Waals surface area contributed by atoms with Crippen LogP contribution in [0.4, 0.5) is 11.6 Å². The molecule has 8 heteroatoms. The second-order valence-corrected chi connectivity index (χ2v) is 4.74. The van der Waals surface area contributed by atoms with Crippen molar-refractivity contribution in [2.75, 3.05) is 5.43 Å². The zero-order chi connectivity index (χ0) is 13.8. The minimum Gasteiger partial charge on any atom is -0.292 e. The highest BCUT2D eigenvalue weighted by Gasteiger charge is 2.08. The number of hydrogen-bond acceptors (Lipinski definition) is 7. The lowest BCUT2D eigenvalue weighted by atomic mass is 10.3. The summed E-state index contributed by atoms with van der Waals surface area (Å²) in [6.45, 7) is 1.88. The molecule has 0 fully saturated rings. The molecule has 1 aromatic heterocycles. The van der Waals surface area contributed by atoms with E-state index >= 15 is 0 Å². The van der Waals surface area contributed by atoms with Crippen molar-refractivity contribution in [2.45, 2.75) is 16.8 Å². The first kappa shape index (κ1) is 13.2. The van der Waals surface area contributed by atoms with E-state index < -0.39 is 4.92 Å². The van der Waals surface area contributed by atoms with Crippen LogP contribution in [-0.2, 0) is 0 Å². The van der Waals surface area contributed by atoms with Gasteiger partial charge in [-0.3, -0.25) is 15.5 Å². The van der Waals surface area contributed by atoms with Crippen molar-refractivity contribution < 1.29 is 4.92 Å². The van der Waals surface area contributed by atoms with E-state index in [4.69, 9.17) is 5.84 Å². The SMILES string of the molecule is Cc1cnc(NN)nc1Sc1ccc([N+](=O)[O-])cc1. The van der Waals surface area contributed by atoms with Gasteiger partial charge in [0.2, 0.25) is 5.95 Å². The third-order valence-electron chi connectivity index (χ3n) is 2.32. The highest BCUT2D eigenvalue weighted by Crippen LogP contribution is 2.29. The smallest absolute Gasteiger partial charge is 0.269 e. The number of nitro groups is 1. The molecular weight excluding hydrogens is 266 g/mol.